The Hall–Kier alpha value is -3.50. The first-order valence-electron chi connectivity index (χ1n) is 9.02. The van der Waals surface area contributed by atoms with Gasteiger partial charge in [0, 0.05) is 29.2 Å². The molecule has 148 valence electrons. The van der Waals surface area contributed by atoms with E-state index in [4.69, 9.17) is 16.3 Å². The number of halogens is 1. The molecule has 3 rings (SSSR count). The largest absolute Gasteiger partial charge is 0.497 e. The number of nitrogens with zero attached hydrogens (tertiary/aromatic N) is 2. The number of aromatic nitrogens is 1. The Kier molecular flexibility index (Phi) is 6.72. The molecule has 3 aromatic rings. The third kappa shape index (κ3) is 5.50. The molecular formula is C21H20ClN5O2. The van der Waals surface area contributed by atoms with E-state index < -0.39 is 0 Å². The summed E-state index contributed by atoms with van der Waals surface area (Å²) in [5, 5.41) is 19.5. The summed E-state index contributed by atoms with van der Waals surface area (Å²) in [6.45, 7) is 1.03. The van der Waals surface area contributed by atoms with E-state index in [1.54, 1.807) is 37.4 Å². The summed E-state index contributed by atoms with van der Waals surface area (Å²) in [7, 11) is 1.60. The zero-order valence-corrected chi connectivity index (χ0v) is 16.6. The number of benzene rings is 2. The average Bonchev–Trinajstić information content (AvgIpc) is 2.74. The van der Waals surface area contributed by atoms with E-state index in [9.17, 15) is 10.1 Å². The van der Waals surface area contributed by atoms with Crippen LogP contribution in [0.25, 0.3) is 10.9 Å². The monoisotopic (exact) mass is 409 g/mol. The molecule has 3 N–H and O–H groups in total. The minimum Gasteiger partial charge on any atom is -0.497 e. The molecule has 2 aromatic carbocycles. The molecule has 1 heterocycles. The van der Waals surface area contributed by atoms with Gasteiger partial charge in [0.25, 0.3) is 0 Å². The van der Waals surface area contributed by atoms with Crippen molar-refractivity contribution in [3.63, 3.8) is 0 Å². The lowest BCUT2D eigenvalue weighted by Gasteiger charge is -2.11. The molecule has 0 aliphatic carbocycles. The van der Waals surface area contributed by atoms with Gasteiger partial charge in [-0.25, -0.2) is 9.78 Å². The summed E-state index contributed by atoms with van der Waals surface area (Å²) in [6.07, 6.45) is 0.668. The van der Waals surface area contributed by atoms with E-state index in [2.05, 4.69) is 27.0 Å². The van der Waals surface area contributed by atoms with Crippen molar-refractivity contribution < 1.29 is 9.53 Å². The lowest BCUT2D eigenvalue weighted by atomic mass is 10.1. The number of carbonyl (C=O) groups excluding carboxylic acids is 1. The van der Waals surface area contributed by atoms with Crippen LogP contribution in [0, 0.1) is 11.3 Å². The van der Waals surface area contributed by atoms with Gasteiger partial charge in [0.05, 0.1) is 18.2 Å². The number of nitrogens with one attached hydrogen (secondary N) is 3. The maximum atomic E-state index is 11.9. The summed E-state index contributed by atoms with van der Waals surface area (Å²) < 4.78 is 5.21. The molecule has 0 radical (unpaired) electrons. The fraction of sp³-hybridized carbons (Fsp3) is 0.190. The Bertz CT molecular complexity index is 1050. The van der Waals surface area contributed by atoms with Crippen LogP contribution in [-0.4, -0.2) is 31.2 Å². The van der Waals surface area contributed by atoms with Crippen LogP contribution in [0.15, 0.2) is 48.5 Å². The van der Waals surface area contributed by atoms with Crippen LogP contribution in [-0.2, 0) is 0 Å². The Morgan fingerprint density at radius 2 is 1.97 bits per heavy atom. The summed E-state index contributed by atoms with van der Waals surface area (Å²) in [5.41, 5.74) is 1.90. The number of fused-ring (bicyclic) bond motifs is 1. The third-order valence-corrected chi connectivity index (χ3v) is 4.43. The van der Waals surface area contributed by atoms with Crippen molar-refractivity contribution in [1.29, 1.82) is 5.26 Å². The van der Waals surface area contributed by atoms with Gasteiger partial charge in [0.2, 0.25) is 0 Å². The first-order chi connectivity index (χ1) is 14.1. The Morgan fingerprint density at radius 3 is 2.69 bits per heavy atom. The van der Waals surface area contributed by atoms with Crippen LogP contribution < -0.4 is 20.7 Å². The highest BCUT2D eigenvalue weighted by molar-refractivity contribution is 6.30. The molecule has 0 spiro atoms. The van der Waals surface area contributed by atoms with E-state index in [1.807, 2.05) is 18.2 Å². The minimum absolute atomic E-state index is 0.289. The zero-order chi connectivity index (χ0) is 20.6. The third-order valence-electron chi connectivity index (χ3n) is 4.18. The molecule has 8 heteroatoms. The highest BCUT2D eigenvalue weighted by Gasteiger charge is 2.08. The number of carbonyl (C=O) groups is 1. The van der Waals surface area contributed by atoms with Gasteiger partial charge >= 0.3 is 6.03 Å². The van der Waals surface area contributed by atoms with E-state index in [1.165, 1.54) is 0 Å². The smallest absolute Gasteiger partial charge is 0.319 e. The van der Waals surface area contributed by atoms with Gasteiger partial charge in [-0.15, -0.1) is 0 Å². The number of hydrogen-bond donors (Lipinski definition) is 3. The fourth-order valence-corrected chi connectivity index (χ4v) is 2.83. The van der Waals surface area contributed by atoms with Crippen LogP contribution in [0.3, 0.4) is 0 Å². The number of hydrogen-bond acceptors (Lipinski definition) is 5. The first-order valence-corrected chi connectivity index (χ1v) is 9.40. The molecule has 0 aliphatic rings. The van der Waals surface area contributed by atoms with E-state index in [-0.39, 0.29) is 6.03 Å². The SMILES string of the molecule is COc1ccc2nc(NCCCNC(=O)Nc3ccc(Cl)cc3)c(C#N)cc2c1. The van der Waals surface area contributed by atoms with Crippen molar-refractivity contribution in [3.8, 4) is 11.8 Å². The second kappa shape index (κ2) is 9.62. The van der Waals surface area contributed by atoms with Crippen molar-refractivity contribution in [2.45, 2.75) is 6.42 Å². The van der Waals surface area contributed by atoms with Crippen LogP contribution in [0.1, 0.15) is 12.0 Å². The summed E-state index contributed by atoms with van der Waals surface area (Å²) in [6, 6.07) is 16.1. The molecule has 7 nitrogen and oxygen atoms in total. The molecular weight excluding hydrogens is 390 g/mol. The van der Waals surface area contributed by atoms with Crippen LogP contribution in [0.5, 0.6) is 5.75 Å². The number of methoxy groups -OCH3 is 1. The quantitative estimate of drug-likeness (QED) is 0.502. The summed E-state index contributed by atoms with van der Waals surface area (Å²) >= 11 is 5.82. The van der Waals surface area contributed by atoms with Crippen LogP contribution in [0.2, 0.25) is 5.02 Å². The van der Waals surface area contributed by atoms with Gasteiger partial charge in [-0.3, -0.25) is 0 Å². The molecule has 0 atom stereocenters. The van der Waals surface area contributed by atoms with Crippen LogP contribution in [0.4, 0.5) is 16.3 Å². The molecule has 29 heavy (non-hydrogen) atoms. The predicted octanol–water partition coefficient (Wildman–Crippen LogP) is 4.39. The van der Waals surface area contributed by atoms with E-state index in [0.717, 1.165) is 10.9 Å². The lowest BCUT2D eigenvalue weighted by molar-refractivity contribution is 0.252. The molecule has 1 aromatic heterocycles. The number of rotatable bonds is 7. The molecule has 2 amide bonds. The molecule has 0 unspecified atom stereocenters. The normalized spacial score (nSPS) is 10.2. The number of pyridine rings is 1. The molecule has 0 aliphatic heterocycles. The van der Waals surface area contributed by atoms with Crippen molar-refractivity contribution in [1.82, 2.24) is 10.3 Å². The van der Waals surface area contributed by atoms with Crippen molar-refractivity contribution in [3.05, 3.63) is 59.1 Å². The number of amides is 2. The maximum Gasteiger partial charge on any atom is 0.319 e. The van der Waals surface area contributed by atoms with Gasteiger partial charge in [0.1, 0.15) is 17.6 Å². The zero-order valence-electron chi connectivity index (χ0n) is 15.8. The number of urea groups is 1. The van der Waals surface area contributed by atoms with Gasteiger partial charge in [-0.2, -0.15) is 5.26 Å². The Balaban J connectivity index is 1.49. The van der Waals surface area contributed by atoms with Crippen molar-refractivity contribution in [2.75, 3.05) is 30.8 Å². The second-order valence-corrected chi connectivity index (χ2v) is 6.66. The highest BCUT2D eigenvalue weighted by Crippen LogP contribution is 2.24. The fourth-order valence-electron chi connectivity index (χ4n) is 2.71. The van der Waals surface area contributed by atoms with Crippen molar-refractivity contribution >= 4 is 40.0 Å². The highest BCUT2D eigenvalue weighted by atomic mass is 35.5. The van der Waals surface area contributed by atoms with Gasteiger partial charge in [-0.05, 0) is 55.0 Å². The summed E-state index contributed by atoms with van der Waals surface area (Å²) in [4.78, 5) is 16.4. The Morgan fingerprint density at radius 1 is 1.17 bits per heavy atom. The molecule has 0 fully saturated rings. The number of nitriles is 1. The predicted molar refractivity (Wildman–Crippen MR) is 115 cm³/mol. The molecule has 0 bridgehead atoms. The Labute approximate surface area is 173 Å². The number of anilines is 2. The van der Waals surface area contributed by atoms with E-state index >= 15 is 0 Å². The topological polar surface area (TPSA) is 99.1 Å². The summed E-state index contributed by atoms with van der Waals surface area (Å²) in [5.74, 6) is 1.24. The molecule has 0 saturated heterocycles. The van der Waals surface area contributed by atoms with Crippen molar-refractivity contribution in [2.24, 2.45) is 0 Å². The van der Waals surface area contributed by atoms with Gasteiger partial charge < -0.3 is 20.7 Å². The van der Waals surface area contributed by atoms with E-state index in [0.29, 0.717) is 47.4 Å². The van der Waals surface area contributed by atoms with Gasteiger partial charge in [0.15, 0.2) is 0 Å². The number of ether oxygens (including phenoxy) is 1. The first kappa shape index (κ1) is 20.2. The second-order valence-electron chi connectivity index (χ2n) is 6.22. The molecule has 0 saturated carbocycles. The lowest BCUT2D eigenvalue weighted by Crippen LogP contribution is -2.30. The van der Waals surface area contributed by atoms with Gasteiger partial charge in [-0.1, -0.05) is 11.6 Å². The van der Waals surface area contributed by atoms with Crippen LogP contribution >= 0.6 is 11.6 Å². The standard InChI is InChI=1S/C21H20ClN5O2/c1-29-18-7-8-19-14(12-18)11-15(13-23)20(27-19)24-9-2-10-25-21(28)26-17-5-3-16(22)4-6-17/h3-8,11-12H,2,9-10H2,1H3,(H,24,27)(H2,25,26,28). The average molecular weight is 410 g/mol. The maximum absolute atomic E-state index is 11.9. The minimum atomic E-state index is -0.289.